The summed E-state index contributed by atoms with van der Waals surface area (Å²) in [7, 11) is 0. The molecule has 1 aromatic carbocycles. The van der Waals surface area contributed by atoms with Crippen LogP contribution in [0.15, 0.2) is 29.4 Å². The zero-order valence-electron chi connectivity index (χ0n) is 7.45. The molecule has 0 saturated heterocycles. The monoisotopic (exact) mass is 201 g/mol. The van der Waals surface area contributed by atoms with E-state index in [-0.39, 0.29) is 5.75 Å². The third-order valence-corrected chi connectivity index (χ3v) is 1.63. The van der Waals surface area contributed by atoms with Crippen molar-refractivity contribution in [1.82, 2.24) is 0 Å². The Morgan fingerprint density at radius 3 is 2.79 bits per heavy atom. The maximum Gasteiger partial charge on any atom is 0.387 e. The fourth-order valence-corrected chi connectivity index (χ4v) is 0.955. The van der Waals surface area contributed by atoms with E-state index in [2.05, 4.69) is 9.89 Å². The number of benzene rings is 1. The van der Waals surface area contributed by atoms with Gasteiger partial charge < -0.3 is 9.94 Å². The van der Waals surface area contributed by atoms with E-state index < -0.39 is 6.61 Å². The zero-order chi connectivity index (χ0) is 10.6. The van der Waals surface area contributed by atoms with E-state index in [1.807, 2.05) is 0 Å². The molecule has 1 N–H and O–H groups in total. The first kappa shape index (κ1) is 10.4. The average Bonchev–Trinajstić information content (AvgIpc) is 2.16. The fourth-order valence-electron chi connectivity index (χ4n) is 0.955. The molecule has 0 fully saturated rings. The predicted octanol–water partition coefficient (Wildman–Crippen LogP) is 2.49. The molecule has 0 saturated carbocycles. The van der Waals surface area contributed by atoms with Crippen molar-refractivity contribution in [2.45, 2.75) is 13.5 Å². The smallest absolute Gasteiger partial charge is 0.387 e. The van der Waals surface area contributed by atoms with Gasteiger partial charge in [0.05, 0.1) is 5.71 Å². The second-order valence-electron chi connectivity index (χ2n) is 2.59. The molecule has 0 bridgehead atoms. The molecule has 0 aliphatic carbocycles. The van der Waals surface area contributed by atoms with Crippen LogP contribution in [0.2, 0.25) is 0 Å². The largest absolute Gasteiger partial charge is 0.435 e. The summed E-state index contributed by atoms with van der Waals surface area (Å²) in [5.41, 5.74) is 0.871. The summed E-state index contributed by atoms with van der Waals surface area (Å²) in [6.45, 7) is -1.29. The molecule has 0 spiro atoms. The number of hydrogen-bond donors (Lipinski definition) is 1. The first-order chi connectivity index (χ1) is 6.63. The van der Waals surface area contributed by atoms with Gasteiger partial charge >= 0.3 is 6.61 Å². The number of nitrogens with zero attached hydrogens (tertiary/aromatic N) is 1. The van der Waals surface area contributed by atoms with E-state index in [1.165, 1.54) is 12.1 Å². The molecule has 0 heterocycles. The Balaban J connectivity index is 2.90. The summed E-state index contributed by atoms with van der Waals surface area (Å²) in [5.74, 6) is 0.0421. The van der Waals surface area contributed by atoms with Crippen molar-refractivity contribution in [3.05, 3.63) is 29.8 Å². The van der Waals surface area contributed by atoms with Crippen molar-refractivity contribution in [2.24, 2.45) is 5.16 Å². The minimum Gasteiger partial charge on any atom is -0.435 e. The number of ether oxygens (including phenoxy) is 1. The van der Waals surface area contributed by atoms with Crippen molar-refractivity contribution < 1.29 is 18.7 Å². The molecule has 0 amide bonds. The van der Waals surface area contributed by atoms with Gasteiger partial charge in [0.15, 0.2) is 0 Å². The quantitative estimate of drug-likeness (QED) is 0.463. The fraction of sp³-hybridized carbons (Fsp3) is 0.222. The zero-order valence-corrected chi connectivity index (χ0v) is 7.45. The molecular weight excluding hydrogens is 192 g/mol. The number of alkyl halides is 2. The molecule has 1 rings (SSSR count). The lowest BCUT2D eigenvalue weighted by Gasteiger charge is -2.05. The van der Waals surface area contributed by atoms with Gasteiger partial charge in [0, 0.05) is 5.56 Å². The van der Waals surface area contributed by atoms with E-state index in [0.29, 0.717) is 11.3 Å². The number of halogens is 2. The van der Waals surface area contributed by atoms with E-state index in [1.54, 1.807) is 19.1 Å². The molecule has 0 aromatic heterocycles. The molecule has 0 aliphatic heterocycles. The number of oxime groups is 1. The summed E-state index contributed by atoms with van der Waals surface area (Å²) in [6.07, 6.45) is 0. The molecule has 0 aliphatic rings. The second kappa shape index (κ2) is 4.55. The van der Waals surface area contributed by atoms with Gasteiger partial charge in [-0.25, -0.2) is 0 Å². The maximum atomic E-state index is 11.8. The van der Waals surface area contributed by atoms with Crippen LogP contribution in [0.1, 0.15) is 12.5 Å². The van der Waals surface area contributed by atoms with Gasteiger partial charge in [-0.3, -0.25) is 0 Å². The Kier molecular flexibility index (Phi) is 3.39. The van der Waals surface area contributed by atoms with Gasteiger partial charge in [-0.05, 0) is 19.1 Å². The Bertz CT molecular complexity index is 339. The summed E-state index contributed by atoms with van der Waals surface area (Å²) in [4.78, 5) is 0. The third kappa shape index (κ3) is 2.69. The second-order valence-corrected chi connectivity index (χ2v) is 2.59. The first-order valence-corrected chi connectivity index (χ1v) is 3.87. The lowest BCUT2D eigenvalue weighted by molar-refractivity contribution is -0.0498. The number of hydrogen-bond acceptors (Lipinski definition) is 3. The van der Waals surface area contributed by atoms with Crippen LogP contribution >= 0.6 is 0 Å². The van der Waals surface area contributed by atoms with Crippen LogP contribution in [0.3, 0.4) is 0 Å². The van der Waals surface area contributed by atoms with Crippen molar-refractivity contribution in [1.29, 1.82) is 0 Å². The van der Waals surface area contributed by atoms with Crippen LogP contribution in [0.4, 0.5) is 8.78 Å². The predicted molar refractivity (Wildman–Crippen MR) is 47.1 cm³/mol. The van der Waals surface area contributed by atoms with E-state index in [4.69, 9.17) is 5.21 Å². The molecule has 3 nitrogen and oxygen atoms in total. The van der Waals surface area contributed by atoms with Gasteiger partial charge in [0.2, 0.25) is 0 Å². The third-order valence-electron chi connectivity index (χ3n) is 1.63. The molecule has 0 radical (unpaired) electrons. The Morgan fingerprint density at radius 2 is 2.21 bits per heavy atom. The first-order valence-electron chi connectivity index (χ1n) is 3.87. The highest BCUT2D eigenvalue weighted by molar-refractivity contribution is 5.98. The van der Waals surface area contributed by atoms with Crippen LogP contribution in [-0.4, -0.2) is 17.5 Å². The van der Waals surface area contributed by atoms with Crippen molar-refractivity contribution in [3.8, 4) is 5.75 Å². The molecular formula is C9H9F2NO2. The van der Waals surface area contributed by atoms with Crippen LogP contribution < -0.4 is 4.74 Å². The minimum atomic E-state index is -2.85. The van der Waals surface area contributed by atoms with Gasteiger partial charge in [-0.15, -0.1) is 0 Å². The average molecular weight is 201 g/mol. The van der Waals surface area contributed by atoms with Crippen molar-refractivity contribution >= 4 is 5.71 Å². The molecule has 5 heteroatoms. The Morgan fingerprint density at radius 1 is 1.50 bits per heavy atom. The normalized spacial score (nSPS) is 11.9. The van der Waals surface area contributed by atoms with E-state index in [9.17, 15) is 8.78 Å². The van der Waals surface area contributed by atoms with Crippen LogP contribution in [-0.2, 0) is 0 Å². The topological polar surface area (TPSA) is 41.8 Å². The van der Waals surface area contributed by atoms with E-state index >= 15 is 0 Å². The summed E-state index contributed by atoms with van der Waals surface area (Å²) >= 11 is 0. The van der Waals surface area contributed by atoms with Crippen molar-refractivity contribution in [2.75, 3.05) is 0 Å². The van der Waals surface area contributed by atoms with Crippen molar-refractivity contribution in [3.63, 3.8) is 0 Å². The SMILES string of the molecule is C/C(=N/O)c1cccc(OC(F)F)c1. The summed E-state index contributed by atoms with van der Waals surface area (Å²) in [6, 6.07) is 5.95. The highest BCUT2D eigenvalue weighted by atomic mass is 19.3. The maximum absolute atomic E-state index is 11.8. The standard InChI is InChI=1S/C9H9F2NO2/c1-6(12-13)7-3-2-4-8(5-7)14-9(10)11/h2-5,9,13H,1H3/b12-6-. The highest BCUT2D eigenvalue weighted by Gasteiger charge is 2.05. The van der Waals surface area contributed by atoms with E-state index in [0.717, 1.165) is 0 Å². The Labute approximate surface area is 79.6 Å². The van der Waals surface area contributed by atoms with Gasteiger partial charge in [0.25, 0.3) is 0 Å². The van der Waals surface area contributed by atoms with Crippen LogP contribution in [0, 0.1) is 0 Å². The molecule has 76 valence electrons. The van der Waals surface area contributed by atoms with Gasteiger partial charge in [-0.1, -0.05) is 17.3 Å². The molecule has 14 heavy (non-hydrogen) atoms. The van der Waals surface area contributed by atoms with Gasteiger partial charge in [0.1, 0.15) is 5.75 Å². The lowest BCUT2D eigenvalue weighted by atomic mass is 10.1. The Hall–Kier alpha value is -1.65. The van der Waals surface area contributed by atoms with Gasteiger partial charge in [-0.2, -0.15) is 8.78 Å². The highest BCUT2D eigenvalue weighted by Crippen LogP contribution is 2.16. The number of rotatable bonds is 3. The molecule has 0 atom stereocenters. The summed E-state index contributed by atoms with van der Waals surface area (Å²) in [5, 5.41) is 11.4. The summed E-state index contributed by atoms with van der Waals surface area (Å²) < 4.78 is 27.8. The minimum absolute atomic E-state index is 0.0421. The molecule has 0 unspecified atom stereocenters. The lowest BCUT2D eigenvalue weighted by Crippen LogP contribution is -2.03. The van der Waals surface area contributed by atoms with Crippen LogP contribution in [0.5, 0.6) is 5.75 Å². The van der Waals surface area contributed by atoms with Crippen LogP contribution in [0.25, 0.3) is 0 Å². The molecule has 1 aromatic rings.